The number of nitrogens with zero attached hydrogens (tertiary/aromatic N) is 2. The molecule has 2 saturated heterocycles. The van der Waals surface area contributed by atoms with E-state index in [2.05, 4.69) is 6.58 Å². The Morgan fingerprint density at radius 3 is 2.35 bits per heavy atom. The van der Waals surface area contributed by atoms with Crippen LogP contribution in [0.25, 0.3) is 6.08 Å². The van der Waals surface area contributed by atoms with E-state index in [0.717, 1.165) is 22.1 Å². The van der Waals surface area contributed by atoms with Crippen LogP contribution in [-0.4, -0.2) is 35.8 Å². The van der Waals surface area contributed by atoms with Crippen LogP contribution in [0.3, 0.4) is 0 Å². The minimum absolute atomic E-state index is 0.0934. The lowest BCUT2D eigenvalue weighted by molar-refractivity contribution is -0.131. The van der Waals surface area contributed by atoms with Crippen LogP contribution in [0, 0.1) is 34.9 Å². The van der Waals surface area contributed by atoms with Crippen molar-refractivity contribution in [3.8, 4) is 11.5 Å². The first-order valence-electron chi connectivity index (χ1n) is 15.0. The average Bonchev–Trinajstić information content (AvgIpc) is 3.42. The molecular weight excluding hydrogens is 611 g/mol. The number of benzene rings is 3. The Kier molecular flexibility index (Phi) is 6.93. The summed E-state index contributed by atoms with van der Waals surface area (Å²) < 4.78 is 19.5. The Balaban J connectivity index is 1.36. The lowest BCUT2D eigenvalue weighted by Gasteiger charge is -2.49. The van der Waals surface area contributed by atoms with Gasteiger partial charge in [-0.3, -0.25) is 24.1 Å². The predicted octanol–water partition coefficient (Wildman–Crippen LogP) is 6.27. The SMILES string of the molecule is C=Cc1ccc(N2C(=O)[C@H]3[C@H](CC=C4[C@H]3C[C@H]3C(=O)N(c5ccc(F)c(Cl)c5)C(=O)[C@@]3(C)[C@H]4c3ccc(O)c(OC)c3)C2=O)cc1. The van der Waals surface area contributed by atoms with Gasteiger partial charge in [-0.05, 0) is 79.3 Å². The maximum Gasteiger partial charge on any atom is 0.241 e. The van der Waals surface area contributed by atoms with E-state index >= 15 is 0 Å². The summed E-state index contributed by atoms with van der Waals surface area (Å²) in [6.45, 7) is 5.50. The number of hydrogen-bond donors (Lipinski definition) is 1. The number of allylic oxidation sites excluding steroid dienone is 2. The van der Waals surface area contributed by atoms with E-state index in [9.17, 15) is 28.7 Å². The maximum absolute atomic E-state index is 14.5. The molecule has 0 spiro atoms. The molecule has 1 N–H and O–H groups in total. The number of carbonyl (C=O) groups excluding carboxylic acids is 4. The van der Waals surface area contributed by atoms with Gasteiger partial charge in [0.25, 0.3) is 0 Å². The smallest absolute Gasteiger partial charge is 0.241 e. The molecule has 2 aliphatic carbocycles. The second kappa shape index (κ2) is 10.7. The van der Waals surface area contributed by atoms with Crippen molar-refractivity contribution in [2.75, 3.05) is 16.9 Å². The Morgan fingerprint density at radius 2 is 1.67 bits per heavy atom. The Hall–Kier alpha value is -4.76. The lowest BCUT2D eigenvalue weighted by atomic mass is 9.51. The molecule has 1 saturated carbocycles. The van der Waals surface area contributed by atoms with Crippen molar-refractivity contribution in [1.29, 1.82) is 0 Å². The van der Waals surface area contributed by atoms with Crippen LogP contribution in [0.2, 0.25) is 5.02 Å². The van der Waals surface area contributed by atoms with E-state index in [0.29, 0.717) is 11.3 Å². The summed E-state index contributed by atoms with van der Waals surface area (Å²) >= 11 is 6.07. The monoisotopic (exact) mass is 640 g/mol. The van der Waals surface area contributed by atoms with Gasteiger partial charge in [0.1, 0.15) is 5.82 Å². The van der Waals surface area contributed by atoms with Crippen LogP contribution in [0.4, 0.5) is 15.8 Å². The number of rotatable bonds is 5. The first-order chi connectivity index (χ1) is 22.0. The van der Waals surface area contributed by atoms with Gasteiger partial charge in [0.05, 0.1) is 46.7 Å². The number of fused-ring (bicyclic) bond motifs is 4. The summed E-state index contributed by atoms with van der Waals surface area (Å²) in [6.07, 6.45) is 4.07. The number of ether oxygens (including phenoxy) is 1. The Morgan fingerprint density at radius 1 is 0.957 bits per heavy atom. The Bertz CT molecular complexity index is 1890. The van der Waals surface area contributed by atoms with Gasteiger partial charge in [0.2, 0.25) is 23.6 Å². The number of aromatic hydroxyl groups is 1. The van der Waals surface area contributed by atoms with Crippen LogP contribution >= 0.6 is 11.6 Å². The zero-order valence-corrected chi connectivity index (χ0v) is 25.8. The zero-order valence-electron chi connectivity index (χ0n) is 25.1. The van der Waals surface area contributed by atoms with Gasteiger partial charge < -0.3 is 9.84 Å². The van der Waals surface area contributed by atoms with Gasteiger partial charge in [-0.2, -0.15) is 0 Å². The van der Waals surface area contributed by atoms with E-state index in [1.54, 1.807) is 49.4 Å². The van der Waals surface area contributed by atoms with E-state index < -0.39 is 52.6 Å². The normalized spacial score (nSPS) is 28.5. The molecule has 0 aromatic heterocycles. The topological polar surface area (TPSA) is 104 Å². The van der Waals surface area contributed by atoms with Gasteiger partial charge in [-0.15, -0.1) is 0 Å². The third kappa shape index (κ3) is 4.10. The molecule has 2 aliphatic heterocycles. The Labute approximate surface area is 269 Å². The molecule has 0 bridgehead atoms. The van der Waals surface area contributed by atoms with Crippen LogP contribution in [0.5, 0.6) is 11.5 Å². The molecular formula is C36H30ClFN2O6. The summed E-state index contributed by atoms with van der Waals surface area (Å²) in [5, 5.41) is 10.2. The molecule has 2 heterocycles. The maximum atomic E-state index is 14.5. The number of phenols is 1. The van der Waals surface area contributed by atoms with Crippen molar-refractivity contribution in [3.63, 3.8) is 0 Å². The van der Waals surface area contributed by atoms with Crippen molar-refractivity contribution >= 4 is 52.7 Å². The van der Waals surface area contributed by atoms with Gasteiger partial charge in [0.15, 0.2) is 11.5 Å². The first kappa shape index (κ1) is 29.9. The summed E-state index contributed by atoms with van der Waals surface area (Å²) in [7, 11) is 1.42. The summed E-state index contributed by atoms with van der Waals surface area (Å²) in [5.74, 6) is -5.67. The summed E-state index contributed by atoms with van der Waals surface area (Å²) in [5.41, 5.74) is 1.54. The fourth-order valence-corrected chi connectivity index (χ4v) is 8.33. The van der Waals surface area contributed by atoms with Crippen LogP contribution < -0.4 is 14.5 Å². The second-order valence-electron chi connectivity index (χ2n) is 12.5. The second-order valence-corrected chi connectivity index (χ2v) is 12.9. The minimum atomic E-state index is -1.32. The highest BCUT2D eigenvalue weighted by Crippen LogP contribution is 2.64. The quantitative estimate of drug-likeness (QED) is 0.260. The third-order valence-corrected chi connectivity index (χ3v) is 10.6. The van der Waals surface area contributed by atoms with Gasteiger partial charge >= 0.3 is 0 Å². The average molecular weight is 641 g/mol. The van der Waals surface area contributed by atoms with Crippen molar-refractivity contribution < 1.29 is 33.4 Å². The zero-order chi connectivity index (χ0) is 32.7. The standard InChI is InChI=1S/C36H30ClFN2O6/c1-4-18-5-8-20(9-6-18)39-32(42)23-12-11-22-24(30(23)34(39)44)17-25-33(43)40(21-10-13-27(38)26(37)16-21)35(45)36(25,2)31(22)19-7-14-28(41)29(15-19)46-3/h4-11,13-16,23-25,30-31,41H,1,12,17H2,2-3H3/t23-,24+,25-,30-,31-,36+/m0/s1. The minimum Gasteiger partial charge on any atom is -0.504 e. The predicted molar refractivity (Wildman–Crippen MR) is 170 cm³/mol. The molecule has 10 heteroatoms. The number of anilines is 2. The number of methoxy groups -OCH3 is 1. The van der Waals surface area contributed by atoms with Crippen molar-refractivity contribution in [1.82, 2.24) is 0 Å². The molecule has 8 nitrogen and oxygen atoms in total. The highest BCUT2D eigenvalue weighted by molar-refractivity contribution is 6.32. The van der Waals surface area contributed by atoms with E-state index in [1.807, 2.05) is 6.08 Å². The number of imide groups is 2. The molecule has 3 fully saturated rings. The van der Waals surface area contributed by atoms with Gasteiger partial charge in [-0.25, -0.2) is 9.29 Å². The molecule has 3 aromatic carbocycles. The number of carbonyl (C=O) groups is 4. The molecule has 234 valence electrons. The van der Waals surface area contributed by atoms with Crippen LogP contribution in [-0.2, 0) is 19.2 Å². The number of phenolic OH excluding ortho intramolecular Hbond substituents is 1. The lowest BCUT2D eigenvalue weighted by Crippen LogP contribution is -2.48. The molecule has 46 heavy (non-hydrogen) atoms. The molecule has 6 atom stereocenters. The molecule has 3 aromatic rings. The highest BCUT2D eigenvalue weighted by atomic mass is 35.5. The molecule has 4 amide bonds. The van der Waals surface area contributed by atoms with Gasteiger partial charge in [-0.1, -0.05) is 54.1 Å². The number of hydrogen-bond acceptors (Lipinski definition) is 6. The number of halogens is 2. The van der Waals surface area contributed by atoms with Crippen LogP contribution in [0.15, 0.2) is 78.9 Å². The molecule has 7 rings (SSSR count). The summed E-state index contributed by atoms with van der Waals surface area (Å²) in [4.78, 5) is 59.1. The molecule has 0 radical (unpaired) electrons. The van der Waals surface area contributed by atoms with Gasteiger partial charge in [0, 0.05) is 5.92 Å². The molecule has 4 aliphatic rings. The largest absolute Gasteiger partial charge is 0.504 e. The van der Waals surface area contributed by atoms with E-state index in [-0.39, 0.29) is 46.9 Å². The van der Waals surface area contributed by atoms with E-state index in [1.165, 1.54) is 30.2 Å². The fourth-order valence-electron chi connectivity index (χ4n) is 8.15. The first-order valence-corrected chi connectivity index (χ1v) is 15.4. The number of amides is 4. The highest BCUT2D eigenvalue weighted by Gasteiger charge is 2.67. The van der Waals surface area contributed by atoms with Crippen LogP contribution in [0.1, 0.15) is 36.8 Å². The van der Waals surface area contributed by atoms with Crippen molar-refractivity contribution in [2.45, 2.75) is 25.7 Å². The summed E-state index contributed by atoms with van der Waals surface area (Å²) in [6, 6.07) is 15.5. The van der Waals surface area contributed by atoms with Crippen molar-refractivity contribution in [3.05, 3.63) is 101 Å². The molecule has 0 unspecified atom stereocenters. The van der Waals surface area contributed by atoms with E-state index in [4.69, 9.17) is 16.3 Å². The fraction of sp³-hybridized carbons (Fsp3) is 0.278. The third-order valence-electron chi connectivity index (χ3n) is 10.4. The van der Waals surface area contributed by atoms with Crippen molar-refractivity contribution in [2.24, 2.45) is 29.1 Å².